The summed E-state index contributed by atoms with van der Waals surface area (Å²) in [7, 11) is 0. The van der Waals surface area contributed by atoms with Gasteiger partial charge >= 0.3 is 12.0 Å². The summed E-state index contributed by atoms with van der Waals surface area (Å²) in [5.74, 6) is -0.806. The van der Waals surface area contributed by atoms with Gasteiger partial charge < -0.3 is 25.6 Å². The Hall–Kier alpha value is -1.34. The summed E-state index contributed by atoms with van der Waals surface area (Å²) < 4.78 is 5.29. The number of carbonyl (C=O) groups excluding carboxylic acids is 1. The van der Waals surface area contributed by atoms with Crippen molar-refractivity contribution >= 4 is 12.0 Å². The van der Waals surface area contributed by atoms with E-state index in [-0.39, 0.29) is 6.54 Å². The maximum atomic E-state index is 11.3. The average molecular weight is 276 g/mol. The van der Waals surface area contributed by atoms with Crippen LogP contribution < -0.4 is 10.6 Å². The van der Waals surface area contributed by atoms with Crippen molar-refractivity contribution in [3.63, 3.8) is 0 Å². The summed E-state index contributed by atoms with van der Waals surface area (Å²) in [5.41, 5.74) is -1.97. The standard InChI is InChI=1S/C12H24N2O5/c1-9(2)4-6-19-7-5-13-11(17)14-8-12(3,18)10(15)16/h9,18H,4-8H2,1-3H3,(H,15,16)(H2,13,14,17). The lowest BCUT2D eigenvalue weighted by Crippen LogP contribution is -2.49. The third-order valence-electron chi connectivity index (χ3n) is 2.43. The van der Waals surface area contributed by atoms with Crippen LogP contribution in [0.25, 0.3) is 0 Å². The molecule has 0 aromatic carbocycles. The molecule has 0 spiro atoms. The van der Waals surface area contributed by atoms with Gasteiger partial charge in [0.15, 0.2) is 5.60 Å². The smallest absolute Gasteiger partial charge is 0.337 e. The monoisotopic (exact) mass is 276 g/mol. The van der Waals surface area contributed by atoms with Crippen molar-refractivity contribution in [1.82, 2.24) is 10.6 Å². The molecular weight excluding hydrogens is 252 g/mol. The van der Waals surface area contributed by atoms with E-state index in [0.29, 0.717) is 25.7 Å². The number of carboxylic acids is 1. The molecule has 2 amide bonds. The minimum absolute atomic E-state index is 0.332. The molecule has 0 aromatic heterocycles. The van der Waals surface area contributed by atoms with Gasteiger partial charge in [-0.1, -0.05) is 13.8 Å². The van der Waals surface area contributed by atoms with Crippen LogP contribution in [0.4, 0.5) is 4.79 Å². The number of carboxylic acid groups (broad SMARTS) is 1. The first-order valence-electron chi connectivity index (χ1n) is 6.31. The molecule has 7 nitrogen and oxygen atoms in total. The van der Waals surface area contributed by atoms with E-state index < -0.39 is 17.6 Å². The zero-order valence-corrected chi connectivity index (χ0v) is 11.7. The van der Waals surface area contributed by atoms with Gasteiger partial charge in [0.2, 0.25) is 0 Å². The zero-order valence-electron chi connectivity index (χ0n) is 11.7. The molecule has 1 atom stereocenters. The van der Waals surface area contributed by atoms with E-state index in [1.165, 1.54) is 0 Å². The van der Waals surface area contributed by atoms with Crippen LogP contribution in [-0.2, 0) is 9.53 Å². The fraction of sp³-hybridized carbons (Fsp3) is 0.833. The molecule has 0 fully saturated rings. The molecule has 0 aromatic rings. The number of urea groups is 1. The summed E-state index contributed by atoms with van der Waals surface area (Å²) in [4.78, 5) is 21.9. The number of hydrogen-bond acceptors (Lipinski definition) is 4. The highest BCUT2D eigenvalue weighted by molar-refractivity contribution is 5.79. The highest BCUT2D eigenvalue weighted by Gasteiger charge is 2.30. The molecule has 0 bridgehead atoms. The van der Waals surface area contributed by atoms with Crippen molar-refractivity contribution in [2.45, 2.75) is 32.8 Å². The lowest BCUT2D eigenvalue weighted by Gasteiger charge is -2.18. The molecule has 0 saturated carbocycles. The van der Waals surface area contributed by atoms with Gasteiger partial charge in [-0.3, -0.25) is 0 Å². The normalized spacial score (nSPS) is 13.9. The summed E-state index contributed by atoms with van der Waals surface area (Å²) in [6, 6.07) is -0.533. The van der Waals surface area contributed by atoms with Crippen LogP contribution in [0, 0.1) is 5.92 Å². The topological polar surface area (TPSA) is 108 Å². The number of aliphatic carboxylic acids is 1. The first-order valence-corrected chi connectivity index (χ1v) is 6.31. The molecule has 7 heteroatoms. The number of nitrogens with one attached hydrogen (secondary N) is 2. The van der Waals surface area contributed by atoms with E-state index >= 15 is 0 Å². The van der Waals surface area contributed by atoms with E-state index in [1.54, 1.807) is 0 Å². The quantitative estimate of drug-likeness (QED) is 0.449. The second-order valence-corrected chi connectivity index (χ2v) is 4.98. The number of amides is 2. The van der Waals surface area contributed by atoms with E-state index in [9.17, 15) is 14.7 Å². The van der Waals surface area contributed by atoms with Crippen LogP contribution >= 0.6 is 0 Å². The van der Waals surface area contributed by atoms with Crippen molar-refractivity contribution < 1.29 is 24.5 Å². The molecule has 112 valence electrons. The predicted octanol–water partition coefficient (Wildman–Crippen LogP) is 0.184. The van der Waals surface area contributed by atoms with Gasteiger partial charge in [0.25, 0.3) is 0 Å². The Morgan fingerprint density at radius 1 is 1.26 bits per heavy atom. The second kappa shape index (κ2) is 8.71. The lowest BCUT2D eigenvalue weighted by atomic mass is 10.1. The Bertz CT molecular complexity index is 292. The van der Waals surface area contributed by atoms with Gasteiger partial charge in [0.05, 0.1) is 13.2 Å². The number of hydrogen-bond donors (Lipinski definition) is 4. The Labute approximate surface area is 113 Å². The number of aliphatic hydroxyl groups is 1. The van der Waals surface area contributed by atoms with Gasteiger partial charge in [-0.2, -0.15) is 0 Å². The molecule has 0 aliphatic heterocycles. The molecule has 1 unspecified atom stereocenters. The minimum atomic E-state index is -1.97. The molecule has 0 heterocycles. The maximum absolute atomic E-state index is 11.3. The number of ether oxygens (including phenoxy) is 1. The molecule has 0 radical (unpaired) electrons. The van der Waals surface area contributed by atoms with Gasteiger partial charge in [0, 0.05) is 13.2 Å². The Balaban J connectivity index is 3.58. The molecule has 0 rings (SSSR count). The van der Waals surface area contributed by atoms with Gasteiger partial charge in [-0.15, -0.1) is 0 Å². The van der Waals surface area contributed by atoms with Crippen molar-refractivity contribution in [3.8, 4) is 0 Å². The SMILES string of the molecule is CC(C)CCOCCNC(=O)NCC(C)(O)C(=O)O. The Morgan fingerprint density at radius 3 is 2.42 bits per heavy atom. The molecule has 0 saturated heterocycles. The van der Waals surface area contributed by atoms with Gasteiger partial charge in [-0.25, -0.2) is 9.59 Å². The Morgan fingerprint density at radius 2 is 1.89 bits per heavy atom. The third-order valence-corrected chi connectivity index (χ3v) is 2.43. The minimum Gasteiger partial charge on any atom is -0.479 e. The Kier molecular flexibility index (Phi) is 8.09. The summed E-state index contributed by atoms with van der Waals surface area (Å²) in [5, 5.41) is 22.8. The van der Waals surface area contributed by atoms with Crippen LogP contribution in [0.1, 0.15) is 27.2 Å². The molecule has 0 aliphatic carbocycles. The van der Waals surface area contributed by atoms with Crippen LogP contribution in [0.5, 0.6) is 0 Å². The predicted molar refractivity (Wildman–Crippen MR) is 69.9 cm³/mol. The first-order chi connectivity index (χ1) is 8.75. The highest BCUT2D eigenvalue weighted by atomic mass is 16.5. The molecule has 19 heavy (non-hydrogen) atoms. The summed E-state index contributed by atoms with van der Waals surface area (Å²) in [6.45, 7) is 6.34. The molecule has 0 aliphatic rings. The number of carbonyl (C=O) groups is 2. The van der Waals surface area contributed by atoms with Gasteiger partial charge in [0.1, 0.15) is 0 Å². The van der Waals surface area contributed by atoms with Crippen LogP contribution in [-0.4, -0.2) is 54.1 Å². The lowest BCUT2D eigenvalue weighted by molar-refractivity contribution is -0.155. The fourth-order valence-electron chi connectivity index (χ4n) is 1.05. The average Bonchev–Trinajstić information content (AvgIpc) is 2.30. The number of rotatable bonds is 9. The van der Waals surface area contributed by atoms with Crippen molar-refractivity contribution in [1.29, 1.82) is 0 Å². The van der Waals surface area contributed by atoms with E-state index in [4.69, 9.17) is 9.84 Å². The van der Waals surface area contributed by atoms with Crippen LogP contribution in [0.3, 0.4) is 0 Å². The zero-order chi connectivity index (χ0) is 14.9. The maximum Gasteiger partial charge on any atom is 0.337 e. The van der Waals surface area contributed by atoms with E-state index in [0.717, 1.165) is 13.3 Å². The summed E-state index contributed by atoms with van der Waals surface area (Å²) in [6.07, 6.45) is 0.966. The van der Waals surface area contributed by atoms with Crippen LogP contribution in [0.2, 0.25) is 0 Å². The summed E-state index contributed by atoms with van der Waals surface area (Å²) >= 11 is 0. The van der Waals surface area contributed by atoms with Crippen molar-refractivity contribution in [3.05, 3.63) is 0 Å². The highest BCUT2D eigenvalue weighted by Crippen LogP contribution is 2.00. The van der Waals surface area contributed by atoms with Crippen molar-refractivity contribution in [2.75, 3.05) is 26.3 Å². The molecule has 4 N–H and O–H groups in total. The van der Waals surface area contributed by atoms with Crippen molar-refractivity contribution in [2.24, 2.45) is 5.92 Å². The third kappa shape index (κ3) is 9.26. The van der Waals surface area contributed by atoms with E-state index in [2.05, 4.69) is 24.5 Å². The van der Waals surface area contributed by atoms with Crippen LogP contribution in [0.15, 0.2) is 0 Å². The first kappa shape index (κ1) is 17.7. The van der Waals surface area contributed by atoms with Gasteiger partial charge in [-0.05, 0) is 19.3 Å². The molecular formula is C12H24N2O5. The van der Waals surface area contributed by atoms with E-state index in [1.807, 2.05) is 0 Å². The fourth-order valence-corrected chi connectivity index (χ4v) is 1.05. The largest absolute Gasteiger partial charge is 0.479 e. The second-order valence-electron chi connectivity index (χ2n) is 4.98.